The quantitative estimate of drug-likeness (QED) is 0.485. The third kappa shape index (κ3) is 4.67. The average Bonchev–Trinajstić information content (AvgIpc) is 2.67. The van der Waals surface area contributed by atoms with Crippen LogP contribution in [0.1, 0.15) is 15.9 Å². The molecule has 7 nitrogen and oxygen atoms in total. The van der Waals surface area contributed by atoms with Crippen LogP contribution in [0, 0.1) is 0 Å². The van der Waals surface area contributed by atoms with Crippen LogP contribution in [0.4, 0.5) is 17.1 Å². The molecule has 0 saturated carbocycles. The molecule has 3 rings (SSSR count). The van der Waals surface area contributed by atoms with E-state index in [0.29, 0.717) is 12.2 Å². The van der Waals surface area contributed by atoms with E-state index in [1.807, 2.05) is 36.4 Å². The molecule has 3 aromatic rings. The number of nitrogens with two attached hydrogens (primary N) is 1. The van der Waals surface area contributed by atoms with Crippen molar-refractivity contribution in [2.75, 3.05) is 10.6 Å². The molecule has 0 radical (unpaired) electrons. The number of carbonyl (C=O) groups is 1. The van der Waals surface area contributed by atoms with E-state index >= 15 is 0 Å². The molecule has 5 N–H and O–H groups in total. The van der Waals surface area contributed by atoms with E-state index in [0.717, 1.165) is 11.6 Å². The van der Waals surface area contributed by atoms with Crippen molar-refractivity contribution >= 4 is 33.1 Å². The molecule has 0 spiro atoms. The first-order valence-electron chi connectivity index (χ1n) is 8.38. The fourth-order valence-corrected chi connectivity index (χ4v) is 3.40. The molecule has 0 aliphatic carbocycles. The number of carboxylic acid groups (broad SMARTS) is 1. The molecule has 144 valence electrons. The zero-order chi connectivity index (χ0) is 20.1. The maximum Gasteiger partial charge on any atom is 0.337 e. The first-order chi connectivity index (χ1) is 13.3. The van der Waals surface area contributed by atoms with Gasteiger partial charge in [-0.25, -0.2) is 18.4 Å². The van der Waals surface area contributed by atoms with Crippen LogP contribution in [0.2, 0.25) is 0 Å². The SMILES string of the molecule is NS(=O)(=O)c1cc(C(=O)O)c(NCc2ccccc2)cc1Nc1ccccc1. The summed E-state index contributed by atoms with van der Waals surface area (Å²) in [7, 11) is -4.15. The van der Waals surface area contributed by atoms with Gasteiger partial charge in [-0.05, 0) is 29.8 Å². The van der Waals surface area contributed by atoms with E-state index in [1.165, 1.54) is 6.07 Å². The maximum absolute atomic E-state index is 12.0. The summed E-state index contributed by atoms with van der Waals surface area (Å²) in [4.78, 5) is 11.4. The van der Waals surface area contributed by atoms with E-state index in [-0.39, 0.29) is 21.8 Å². The van der Waals surface area contributed by atoms with E-state index in [9.17, 15) is 18.3 Å². The van der Waals surface area contributed by atoms with Crippen LogP contribution in [0.15, 0.2) is 77.7 Å². The number of rotatable bonds is 7. The minimum Gasteiger partial charge on any atom is -0.478 e. The summed E-state index contributed by atoms with van der Waals surface area (Å²) in [6.07, 6.45) is 0. The monoisotopic (exact) mass is 397 g/mol. The van der Waals surface area contributed by atoms with Gasteiger partial charge in [0.05, 0.1) is 16.9 Å². The molecule has 0 atom stereocenters. The maximum atomic E-state index is 12.0. The van der Waals surface area contributed by atoms with E-state index < -0.39 is 16.0 Å². The number of sulfonamides is 1. The molecular formula is C20H19N3O4S. The third-order valence-corrected chi connectivity index (χ3v) is 4.99. The third-order valence-electron chi connectivity index (χ3n) is 4.04. The lowest BCUT2D eigenvalue weighted by molar-refractivity contribution is 0.0697. The van der Waals surface area contributed by atoms with Gasteiger partial charge < -0.3 is 15.7 Å². The summed E-state index contributed by atoms with van der Waals surface area (Å²) in [6.45, 7) is 0.376. The summed E-state index contributed by atoms with van der Waals surface area (Å²) in [5.41, 5.74) is 1.88. The zero-order valence-corrected chi connectivity index (χ0v) is 15.6. The van der Waals surface area contributed by atoms with Crippen LogP contribution < -0.4 is 15.8 Å². The lowest BCUT2D eigenvalue weighted by Gasteiger charge is -2.16. The van der Waals surface area contributed by atoms with Crippen molar-refractivity contribution in [3.8, 4) is 0 Å². The number of carboxylic acids is 1. The highest BCUT2D eigenvalue weighted by Crippen LogP contribution is 2.31. The second kappa shape index (κ2) is 8.12. The average molecular weight is 397 g/mol. The highest BCUT2D eigenvalue weighted by atomic mass is 32.2. The van der Waals surface area contributed by atoms with Gasteiger partial charge in [0.15, 0.2) is 0 Å². The molecule has 0 aliphatic rings. The summed E-state index contributed by atoms with van der Waals surface area (Å²) in [5.74, 6) is -1.26. The Morgan fingerprint density at radius 2 is 1.54 bits per heavy atom. The second-order valence-electron chi connectivity index (χ2n) is 6.07. The highest BCUT2D eigenvalue weighted by molar-refractivity contribution is 7.89. The van der Waals surface area contributed by atoms with Crippen LogP contribution in [0.25, 0.3) is 0 Å². The number of primary sulfonamides is 1. The Balaban J connectivity index is 2.04. The van der Waals surface area contributed by atoms with Gasteiger partial charge in [0.25, 0.3) is 0 Å². The smallest absolute Gasteiger partial charge is 0.337 e. The number of hydrogen-bond donors (Lipinski definition) is 4. The second-order valence-corrected chi connectivity index (χ2v) is 7.60. The molecule has 0 heterocycles. The Morgan fingerprint density at radius 3 is 2.11 bits per heavy atom. The van der Waals surface area contributed by atoms with Gasteiger partial charge in [0, 0.05) is 12.2 Å². The Morgan fingerprint density at radius 1 is 0.929 bits per heavy atom. The van der Waals surface area contributed by atoms with Crippen LogP contribution >= 0.6 is 0 Å². The predicted octanol–water partition coefficient (Wildman–Crippen LogP) is 3.39. The molecule has 28 heavy (non-hydrogen) atoms. The van der Waals surface area contributed by atoms with Crippen LogP contribution in [-0.2, 0) is 16.6 Å². The number of hydrogen-bond acceptors (Lipinski definition) is 5. The zero-order valence-electron chi connectivity index (χ0n) is 14.8. The number of anilines is 3. The first kappa shape index (κ1) is 19.4. The molecule has 0 saturated heterocycles. The van der Waals surface area contributed by atoms with E-state index in [4.69, 9.17) is 5.14 Å². The molecule has 0 unspecified atom stereocenters. The molecule has 0 amide bonds. The van der Waals surface area contributed by atoms with Crippen LogP contribution in [-0.4, -0.2) is 19.5 Å². The topological polar surface area (TPSA) is 122 Å². The number of benzene rings is 3. The fraction of sp³-hybridized carbons (Fsp3) is 0.0500. The Labute approximate surface area is 162 Å². The van der Waals surface area contributed by atoms with Crippen molar-refractivity contribution in [2.45, 2.75) is 11.4 Å². The minimum absolute atomic E-state index is 0.182. The van der Waals surface area contributed by atoms with Crippen molar-refractivity contribution < 1.29 is 18.3 Å². The molecular weight excluding hydrogens is 378 g/mol. The van der Waals surface area contributed by atoms with Gasteiger partial charge >= 0.3 is 5.97 Å². The largest absolute Gasteiger partial charge is 0.478 e. The highest BCUT2D eigenvalue weighted by Gasteiger charge is 2.21. The Bertz CT molecular complexity index is 1090. The van der Waals surface area contributed by atoms with Crippen molar-refractivity contribution in [2.24, 2.45) is 5.14 Å². The summed E-state index contributed by atoms with van der Waals surface area (Å²) < 4.78 is 24.1. The fourth-order valence-electron chi connectivity index (χ4n) is 2.71. The molecule has 0 bridgehead atoms. The number of aromatic carboxylic acids is 1. The first-order valence-corrected chi connectivity index (χ1v) is 9.93. The normalized spacial score (nSPS) is 11.0. The van der Waals surface area contributed by atoms with Crippen molar-refractivity contribution in [1.82, 2.24) is 0 Å². The van der Waals surface area contributed by atoms with Gasteiger partial charge in [0.1, 0.15) is 4.90 Å². The van der Waals surface area contributed by atoms with Gasteiger partial charge in [0.2, 0.25) is 10.0 Å². The number of para-hydroxylation sites is 1. The van der Waals surface area contributed by atoms with Gasteiger partial charge in [-0.1, -0.05) is 48.5 Å². The molecule has 3 aromatic carbocycles. The van der Waals surface area contributed by atoms with Crippen molar-refractivity contribution in [3.05, 3.63) is 83.9 Å². The molecule has 0 fully saturated rings. The van der Waals surface area contributed by atoms with Crippen LogP contribution in [0.5, 0.6) is 0 Å². The molecule has 0 aliphatic heterocycles. The van der Waals surface area contributed by atoms with Gasteiger partial charge in [-0.3, -0.25) is 0 Å². The summed E-state index contributed by atoms with van der Waals surface area (Å²) in [5, 5.41) is 20.9. The standard InChI is InChI=1S/C20H19N3O4S/c21-28(26,27)19-11-16(20(24)25)17(22-13-14-7-3-1-4-8-14)12-18(19)23-15-9-5-2-6-10-15/h1-12,22-23H,13H2,(H,24,25)(H2,21,26,27). The lowest BCUT2D eigenvalue weighted by atomic mass is 10.1. The van der Waals surface area contributed by atoms with Crippen molar-refractivity contribution in [1.29, 1.82) is 0 Å². The summed E-state index contributed by atoms with van der Waals surface area (Å²) >= 11 is 0. The Kier molecular flexibility index (Phi) is 5.62. The Hall–Kier alpha value is -3.36. The molecule has 0 aromatic heterocycles. The van der Waals surface area contributed by atoms with Crippen LogP contribution in [0.3, 0.4) is 0 Å². The number of nitrogens with one attached hydrogen (secondary N) is 2. The predicted molar refractivity (Wildman–Crippen MR) is 108 cm³/mol. The van der Waals surface area contributed by atoms with Gasteiger partial charge in [-0.15, -0.1) is 0 Å². The molecule has 8 heteroatoms. The summed E-state index contributed by atoms with van der Waals surface area (Å²) in [6, 6.07) is 20.9. The lowest BCUT2D eigenvalue weighted by Crippen LogP contribution is -2.16. The minimum atomic E-state index is -4.15. The van der Waals surface area contributed by atoms with Crippen molar-refractivity contribution in [3.63, 3.8) is 0 Å². The van der Waals surface area contributed by atoms with E-state index in [1.54, 1.807) is 24.3 Å². The van der Waals surface area contributed by atoms with E-state index in [2.05, 4.69) is 10.6 Å². The van der Waals surface area contributed by atoms with Gasteiger partial charge in [-0.2, -0.15) is 0 Å².